The minimum atomic E-state index is -4.90. The van der Waals surface area contributed by atoms with E-state index in [1.54, 1.807) is 0 Å². The van der Waals surface area contributed by atoms with Gasteiger partial charge >= 0.3 is 20.7 Å². The number of hydrogen-bond donors (Lipinski definition) is 5. The first-order valence-electron chi connectivity index (χ1n) is 4.43. The number of rotatable bonds is 3. The van der Waals surface area contributed by atoms with Crippen LogP contribution in [-0.4, -0.2) is 35.7 Å². The summed E-state index contributed by atoms with van der Waals surface area (Å²) in [6.45, 7) is 0. The van der Waals surface area contributed by atoms with Gasteiger partial charge in [0.2, 0.25) is 0 Å². The normalized spacial score (nSPS) is 21.0. The lowest BCUT2D eigenvalue weighted by Gasteiger charge is -2.10. The van der Waals surface area contributed by atoms with Gasteiger partial charge in [0, 0.05) is 0 Å². The second-order valence-corrected chi connectivity index (χ2v) is 6.90. The first-order chi connectivity index (χ1) is 6.71. The summed E-state index contributed by atoms with van der Waals surface area (Å²) in [5.41, 5.74) is 0. The van der Waals surface area contributed by atoms with Crippen LogP contribution in [0.15, 0.2) is 4.99 Å². The Bertz CT molecular complexity index is 299. The zero-order valence-corrected chi connectivity index (χ0v) is 9.68. The van der Waals surface area contributed by atoms with Crippen molar-refractivity contribution in [2.24, 2.45) is 4.99 Å². The average Bonchev–Trinajstić information content (AvgIpc) is 2.46. The van der Waals surface area contributed by atoms with Crippen molar-refractivity contribution >= 4 is 20.7 Å². The molecule has 0 radical (unpaired) electrons. The summed E-state index contributed by atoms with van der Waals surface area (Å²) in [7, 11) is -9.61. The van der Waals surface area contributed by atoms with Crippen LogP contribution < -0.4 is 0 Å². The molecule has 88 valence electrons. The lowest BCUT2D eigenvalue weighted by atomic mass is 10.3. The van der Waals surface area contributed by atoms with Gasteiger partial charge in [0.25, 0.3) is 0 Å². The Morgan fingerprint density at radius 2 is 1.67 bits per heavy atom. The zero-order valence-electron chi connectivity index (χ0n) is 7.89. The predicted octanol–water partition coefficient (Wildman–Crippen LogP) is 0.202. The van der Waals surface area contributed by atoms with E-state index in [9.17, 15) is 4.57 Å². The molecule has 0 bridgehead atoms. The molecule has 0 atom stereocenters. The third-order valence-electron chi connectivity index (χ3n) is 2.15. The highest BCUT2D eigenvalue weighted by Gasteiger charge is 2.52. The molecule has 5 N–H and O–H groups in total. The molecule has 0 spiro atoms. The first-order valence-corrected chi connectivity index (χ1v) is 7.69. The van der Waals surface area contributed by atoms with Crippen LogP contribution in [0.2, 0.25) is 0 Å². The van der Waals surface area contributed by atoms with E-state index in [1.807, 2.05) is 0 Å². The molecule has 0 saturated heterocycles. The molecule has 0 aromatic heterocycles. The van der Waals surface area contributed by atoms with Gasteiger partial charge in [-0.2, -0.15) is 14.7 Å². The minimum absolute atomic E-state index is 0.335. The molecule has 7 nitrogen and oxygen atoms in total. The first kappa shape index (κ1) is 13.2. The Kier molecular flexibility index (Phi) is 4.01. The SMILES string of the molecule is O=P(O)(O)C(=NC1CCCC1)[P+](O)(O)O. The smallest absolute Gasteiger partial charge is 0.317 e. The highest BCUT2D eigenvalue weighted by molar-refractivity contribution is 8.00. The topological polar surface area (TPSA) is 131 Å². The second-order valence-electron chi connectivity index (χ2n) is 3.48. The van der Waals surface area contributed by atoms with Crippen LogP contribution in [-0.2, 0) is 4.57 Å². The van der Waals surface area contributed by atoms with E-state index >= 15 is 0 Å². The van der Waals surface area contributed by atoms with Crippen molar-refractivity contribution in [2.75, 3.05) is 0 Å². The summed E-state index contributed by atoms with van der Waals surface area (Å²) in [4.78, 5) is 47.8. The van der Waals surface area contributed by atoms with E-state index in [1.165, 1.54) is 0 Å². The van der Waals surface area contributed by atoms with Gasteiger partial charge < -0.3 is 9.79 Å². The molecule has 0 heterocycles. The molecule has 1 fully saturated rings. The van der Waals surface area contributed by atoms with Crippen molar-refractivity contribution in [3.05, 3.63) is 0 Å². The van der Waals surface area contributed by atoms with Crippen LogP contribution in [0.3, 0.4) is 0 Å². The van der Waals surface area contributed by atoms with Gasteiger partial charge in [-0.05, 0) is 12.8 Å². The van der Waals surface area contributed by atoms with Gasteiger partial charge in [-0.1, -0.05) is 12.8 Å². The van der Waals surface area contributed by atoms with E-state index in [-0.39, 0.29) is 6.04 Å². The maximum absolute atomic E-state index is 10.9. The molecule has 9 heteroatoms. The Morgan fingerprint density at radius 1 is 1.20 bits per heavy atom. The van der Waals surface area contributed by atoms with Gasteiger partial charge in [0.1, 0.15) is 0 Å². The molecular weight excluding hydrogens is 244 g/mol. The van der Waals surface area contributed by atoms with Crippen LogP contribution in [0, 0.1) is 0 Å². The summed E-state index contributed by atoms with van der Waals surface area (Å²) in [5, 5.41) is -1.16. The van der Waals surface area contributed by atoms with E-state index in [4.69, 9.17) is 24.5 Å². The molecule has 1 aliphatic rings. The maximum atomic E-state index is 10.9. The second kappa shape index (κ2) is 4.55. The quantitative estimate of drug-likeness (QED) is 0.363. The molecular formula is C6H14NO6P2+. The fraction of sp³-hybridized carbons (Fsp3) is 0.833. The number of nitrogens with zero attached hydrogens (tertiary/aromatic N) is 1. The molecule has 15 heavy (non-hydrogen) atoms. The highest BCUT2D eigenvalue weighted by atomic mass is 31.3. The highest BCUT2D eigenvalue weighted by Crippen LogP contribution is 2.60. The molecule has 1 saturated carbocycles. The third kappa shape index (κ3) is 3.89. The van der Waals surface area contributed by atoms with Crippen LogP contribution in [0.4, 0.5) is 0 Å². The predicted molar refractivity (Wildman–Crippen MR) is 55.3 cm³/mol. The van der Waals surface area contributed by atoms with Gasteiger partial charge in [0.15, 0.2) is 0 Å². The Balaban J connectivity index is 2.95. The van der Waals surface area contributed by atoms with Crippen molar-refractivity contribution < 1.29 is 29.0 Å². The molecule has 0 aromatic rings. The van der Waals surface area contributed by atoms with E-state index < -0.39 is 20.7 Å². The maximum Gasteiger partial charge on any atom is 0.469 e. The van der Waals surface area contributed by atoms with Crippen LogP contribution in [0.1, 0.15) is 25.7 Å². The Morgan fingerprint density at radius 3 is 2.00 bits per heavy atom. The van der Waals surface area contributed by atoms with Crippen LogP contribution >= 0.6 is 15.5 Å². The van der Waals surface area contributed by atoms with E-state index in [0.717, 1.165) is 12.8 Å². The lowest BCUT2D eigenvalue weighted by Crippen LogP contribution is -2.10. The fourth-order valence-corrected chi connectivity index (χ4v) is 3.55. The molecule has 0 aliphatic heterocycles. The van der Waals surface area contributed by atoms with Crippen molar-refractivity contribution in [1.82, 2.24) is 0 Å². The van der Waals surface area contributed by atoms with Crippen molar-refractivity contribution in [2.45, 2.75) is 31.7 Å². The number of aliphatic imine (C=N–C) groups is 1. The van der Waals surface area contributed by atoms with Gasteiger partial charge in [0.05, 0.1) is 6.04 Å². The largest absolute Gasteiger partial charge is 0.469 e. The minimum Gasteiger partial charge on any atom is -0.317 e. The molecule has 0 unspecified atom stereocenters. The summed E-state index contributed by atoms with van der Waals surface area (Å²) in [6, 6.07) is -0.335. The van der Waals surface area contributed by atoms with Gasteiger partial charge in [-0.3, -0.25) is 0 Å². The number of hydrogen-bond acceptors (Lipinski definition) is 5. The molecule has 1 aliphatic carbocycles. The Hall–Kier alpha value is 0.130. The Labute approximate surface area is 87.2 Å². The van der Waals surface area contributed by atoms with Crippen LogP contribution in [0.5, 0.6) is 0 Å². The van der Waals surface area contributed by atoms with Gasteiger partial charge in [-0.25, -0.2) is 9.56 Å². The zero-order chi connectivity index (χ0) is 11.7. The summed E-state index contributed by atoms with van der Waals surface area (Å²) in [5.74, 6) is 0. The van der Waals surface area contributed by atoms with Crippen molar-refractivity contribution in [1.29, 1.82) is 0 Å². The van der Waals surface area contributed by atoms with E-state index in [0.29, 0.717) is 12.8 Å². The summed E-state index contributed by atoms with van der Waals surface area (Å²) < 4.78 is 10.9. The fourth-order valence-electron chi connectivity index (χ4n) is 1.52. The summed E-state index contributed by atoms with van der Waals surface area (Å²) >= 11 is 0. The van der Waals surface area contributed by atoms with Crippen molar-refractivity contribution in [3.8, 4) is 0 Å². The molecule has 1 rings (SSSR count). The van der Waals surface area contributed by atoms with Crippen molar-refractivity contribution in [3.63, 3.8) is 0 Å². The van der Waals surface area contributed by atoms with Gasteiger partial charge in [-0.15, -0.1) is 0 Å². The summed E-state index contributed by atoms with van der Waals surface area (Å²) in [6.07, 6.45) is 3.06. The third-order valence-corrected chi connectivity index (χ3v) is 5.03. The van der Waals surface area contributed by atoms with E-state index in [2.05, 4.69) is 4.99 Å². The lowest BCUT2D eigenvalue weighted by molar-refractivity contribution is 0.348. The standard InChI is InChI=1S/C6H13NO6P2/c8-14(9,10)6(15(11,12)13)7-5-3-1-2-4-5/h5,8-10H,1-4H2,(H-,11,12,13)/p+1. The monoisotopic (exact) mass is 258 g/mol. The molecule has 0 aromatic carbocycles. The average molecular weight is 258 g/mol. The molecule has 0 amide bonds. The van der Waals surface area contributed by atoms with Crippen LogP contribution in [0.25, 0.3) is 0 Å².